The molecule has 0 radical (unpaired) electrons. The maximum Gasteiger partial charge on any atom is 0.340 e. The van der Waals surface area contributed by atoms with Gasteiger partial charge in [-0.1, -0.05) is 28.1 Å². The van der Waals surface area contributed by atoms with Gasteiger partial charge in [-0.15, -0.1) is 0 Å². The Morgan fingerprint density at radius 2 is 2.05 bits per heavy atom. The maximum atomic E-state index is 11.6. The van der Waals surface area contributed by atoms with Crippen molar-refractivity contribution in [2.24, 2.45) is 4.99 Å². The molecular weight excluding hydrogens is 322 g/mol. The lowest BCUT2D eigenvalue weighted by atomic mass is 10.2. The molecule has 2 aromatic rings. The fourth-order valence-corrected chi connectivity index (χ4v) is 2.02. The summed E-state index contributed by atoms with van der Waals surface area (Å²) in [6.07, 6.45) is 1.50. The molecule has 5 heteroatoms. The van der Waals surface area contributed by atoms with Crippen LogP contribution in [0.15, 0.2) is 51.9 Å². The summed E-state index contributed by atoms with van der Waals surface area (Å²) in [6, 6.07) is 11.9. The number of carbonyl (C=O) groups excluding carboxylic acids is 1. The standard InChI is InChI=1S/C15H12BrNO3/c1-20-15(19)12-4-2-3-5-13(12)17-9-10-8-11(16)6-7-14(10)18/h2-9,18H,1H3. The van der Waals surface area contributed by atoms with Gasteiger partial charge in [0.05, 0.1) is 18.4 Å². The highest BCUT2D eigenvalue weighted by molar-refractivity contribution is 9.10. The zero-order valence-electron chi connectivity index (χ0n) is 10.7. The summed E-state index contributed by atoms with van der Waals surface area (Å²) in [5.41, 5.74) is 1.42. The molecule has 2 aromatic carbocycles. The van der Waals surface area contributed by atoms with Crippen LogP contribution in [0.2, 0.25) is 0 Å². The van der Waals surface area contributed by atoms with Crippen LogP contribution in [0.4, 0.5) is 5.69 Å². The van der Waals surface area contributed by atoms with E-state index < -0.39 is 5.97 Å². The lowest BCUT2D eigenvalue weighted by Crippen LogP contribution is -2.01. The molecule has 102 valence electrons. The molecule has 0 bridgehead atoms. The van der Waals surface area contributed by atoms with Crippen LogP contribution in [0, 0.1) is 0 Å². The number of halogens is 1. The third-order valence-electron chi connectivity index (χ3n) is 2.64. The van der Waals surface area contributed by atoms with E-state index in [0.717, 1.165) is 4.47 Å². The number of carbonyl (C=O) groups is 1. The quantitative estimate of drug-likeness (QED) is 0.688. The molecule has 0 unspecified atom stereocenters. The smallest absolute Gasteiger partial charge is 0.340 e. The molecule has 0 fully saturated rings. The van der Waals surface area contributed by atoms with Gasteiger partial charge in [0.15, 0.2) is 0 Å². The van der Waals surface area contributed by atoms with E-state index in [9.17, 15) is 9.90 Å². The third-order valence-corrected chi connectivity index (χ3v) is 3.13. The highest BCUT2D eigenvalue weighted by Gasteiger charge is 2.09. The minimum Gasteiger partial charge on any atom is -0.507 e. The van der Waals surface area contributed by atoms with Crippen LogP contribution in [-0.4, -0.2) is 24.4 Å². The third kappa shape index (κ3) is 3.24. The second-order valence-electron chi connectivity index (χ2n) is 3.97. The molecule has 0 aliphatic carbocycles. The molecule has 20 heavy (non-hydrogen) atoms. The zero-order valence-corrected chi connectivity index (χ0v) is 12.3. The van der Waals surface area contributed by atoms with Crippen molar-refractivity contribution < 1.29 is 14.6 Å². The van der Waals surface area contributed by atoms with Crippen molar-refractivity contribution in [2.45, 2.75) is 0 Å². The monoisotopic (exact) mass is 333 g/mol. The molecule has 0 aromatic heterocycles. The summed E-state index contributed by atoms with van der Waals surface area (Å²) in [7, 11) is 1.32. The van der Waals surface area contributed by atoms with Gasteiger partial charge in [-0.3, -0.25) is 4.99 Å². The minimum absolute atomic E-state index is 0.118. The van der Waals surface area contributed by atoms with Crippen molar-refractivity contribution in [2.75, 3.05) is 7.11 Å². The van der Waals surface area contributed by atoms with E-state index in [0.29, 0.717) is 16.8 Å². The Labute approximate surface area is 124 Å². The number of hydrogen-bond donors (Lipinski definition) is 1. The summed E-state index contributed by atoms with van der Waals surface area (Å²) in [5.74, 6) is -0.330. The number of aliphatic imine (C=N–C) groups is 1. The first-order chi connectivity index (χ1) is 9.61. The second-order valence-corrected chi connectivity index (χ2v) is 4.89. The molecule has 0 saturated heterocycles. The Hall–Kier alpha value is -2.14. The molecule has 2 rings (SSSR count). The summed E-state index contributed by atoms with van der Waals surface area (Å²) in [5, 5.41) is 9.73. The van der Waals surface area contributed by atoms with Gasteiger partial charge in [-0.2, -0.15) is 0 Å². The van der Waals surface area contributed by atoms with Crippen molar-refractivity contribution in [3.8, 4) is 5.75 Å². The topological polar surface area (TPSA) is 58.9 Å². The van der Waals surface area contributed by atoms with Crippen LogP contribution in [0.25, 0.3) is 0 Å². The number of para-hydroxylation sites is 1. The fraction of sp³-hybridized carbons (Fsp3) is 0.0667. The van der Waals surface area contributed by atoms with E-state index in [1.54, 1.807) is 42.5 Å². The molecule has 0 aliphatic rings. The SMILES string of the molecule is COC(=O)c1ccccc1N=Cc1cc(Br)ccc1O. The van der Waals surface area contributed by atoms with E-state index in [2.05, 4.69) is 20.9 Å². The van der Waals surface area contributed by atoms with E-state index in [-0.39, 0.29) is 5.75 Å². The summed E-state index contributed by atoms with van der Waals surface area (Å²) < 4.78 is 5.53. The number of ether oxygens (including phenoxy) is 1. The van der Waals surface area contributed by atoms with Gasteiger partial charge >= 0.3 is 5.97 Å². The molecule has 0 saturated carbocycles. The molecule has 0 atom stereocenters. The zero-order chi connectivity index (χ0) is 14.5. The average Bonchev–Trinajstić information content (AvgIpc) is 2.47. The normalized spacial score (nSPS) is 10.7. The summed E-state index contributed by atoms with van der Waals surface area (Å²) in [6.45, 7) is 0. The lowest BCUT2D eigenvalue weighted by Gasteiger charge is -2.03. The highest BCUT2D eigenvalue weighted by atomic mass is 79.9. The van der Waals surface area contributed by atoms with Crippen LogP contribution < -0.4 is 0 Å². The van der Waals surface area contributed by atoms with Crippen molar-refractivity contribution in [3.63, 3.8) is 0 Å². The number of methoxy groups -OCH3 is 1. The number of hydrogen-bond acceptors (Lipinski definition) is 4. The van der Waals surface area contributed by atoms with Gasteiger partial charge in [-0.25, -0.2) is 4.79 Å². The first-order valence-corrected chi connectivity index (χ1v) is 6.61. The first-order valence-electron chi connectivity index (χ1n) is 5.81. The van der Waals surface area contributed by atoms with Gasteiger partial charge in [-0.05, 0) is 30.3 Å². The number of phenols is 1. The molecule has 0 aliphatic heterocycles. The van der Waals surface area contributed by atoms with E-state index in [1.807, 2.05) is 0 Å². The van der Waals surface area contributed by atoms with Gasteiger partial charge in [0.2, 0.25) is 0 Å². The number of benzene rings is 2. The average molecular weight is 334 g/mol. The van der Waals surface area contributed by atoms with E-state index >= 15 is 0 Å². The van der Waals surface area contributed by atoms with Crippen molar-refractivity contribution in [1.82, 2.24) is 0 Å². The number of esters is 1. The summed E-state index contributed by atoms with van der Waals surface area (Å²) in [4.78, 5) is 15.9. The van der Waals surface area contributed by atoms with Crippen molar-refractivity contribution in [1.29, 1.82) is 0 Å². The van der Waals surface area contributed by atoms with Gasteiger partial charge < -0.3 is 9.84 Å². The highest BCUT2D eigenvalue weighted by Crippen LogP contribution is 2.23. The Bertz CT molecular complexity index is 668. The molecule has 0 heterocycles. The molecule has 0 spiro atoms. The van der Waals surface area contributed by atoms with Gasteiger partial charge in [0.25, 0.3) is 0 Å². The maximum absolute atomic E-state index is 11.6. The number of phenolic OH excluding ortho intramolecular Hbond substituents is 1. The Kier molecular flexibility index (Phi) is 4.53. The van der Waals surface area contributed by atoms with E-state index in [4.69, 9.17) is 4.74 Å². The number of rotatable bonds is 3. The van der Waals surface area contributed by atoms with Crippen molar-refractivity contribution in [3.05, 3.63) is 58.1 Å². The van der Waals surface area contributed by atoms with Crippen LogP contribution in [0.3, 0.4) is 0 Å². The molecule has 0 amide bonds. The first kappa shape index (κ1) is 14.3. The van der Waals surface area contributed by atoms with Crippen LogP contribution in [-0.2, 0) is 4.74 Å². The van der Waals surface area contributed by atoms with Crippen molar-refractivity contribution >= 4 is 33.8 Å². The lowest BCUT2D eigenvalue weighted by molar-refractivity contribution is 0.0601. The van der Waals surface area contributed by atoms with E-state index in [1.165, 1.54) is 13.3 Å². The predicted octanol–water partition coefficient (Wildman–Crippen LogP) is 3.69. The largest absolute Gasteiger partial charge is 0.507 e. The number of nitrogens with zero attached hydrogens (tertiary/aromatic N) is 1. The van der Waals surface area contributed by atoms with Crippen LogP contribution in [0.1, 0.15) is 15.9 Å². The summed E-state index contributed by atoms with van der Waals surface area (Å²) >= 11 is 3.32. The number of aromatic hydroxyl groups is 1. The fourth-order valence-electron chi connectivity index (χ4n) is 1.64. The Morgan fingerprint density at radius 3 is 2.80 bits per heavy atom. The minimum atomic E-state index is -0.448. The van der Waals surface area contributed by atoms with Crippen LogP contribution in [0.5, 0.6) is 5.75 Å². The second kappa shape index (κ2) is 6.34. The molecule has 1 N–H and O–H groups in total. The Balaban J connectivity index is 2.37. The van der Waals surface area contributed by atoms with Crippen LogP contribution >= 0.6 is 15.9 Å². The molecular formula is C15H12BrNO3. The Morgan fingerprint density at radius 1 is 1.30 bits per heavy atom. The van der Waals surface area contributed by atoms with Gasteiger partial charge in [0, 0.05) is 16.3 Å². The van der Waals surface area contributed by atoms with Gasteiger partial charge in [0.1, 0.15) is 5.75 Å². The molecule has 4 nitrogen and oxygen atoms in total. The predicted molar refractivity (Wildman–Crippen MR) is 80.8 cm³/mol.